The lowest BCUT2D eigenvalue weighted by atomic mass is 9.95. The third-order valence-corrected chi connectivity index (χ3v) is 7.14. The van der Waals surface area contributed by atoms with Gasteiger partial charge in [-0.25, -0.2) is 8.42 Å². The molecule has 2 amide bonds. The minimum absolute atomic E-state index is 0.0550. The van der Waals surface area contributed by atoms with Crippen molar-refractivity contribution in [1.82, 2.24) is 10.2 Å². The highest BCUT2D eigenvalue weighted by Crippen LogP contribution is 2.22. The van der Waals surface area contributed by atoms with Crippen LogP contribution >= 0.6 is 11.6 Å². The summed E-state index contributed by atoms with van der Waals surface area (Å²) in [5.74, 6) is -0.106. The Labute approximate surface area is 194 Å². The van der Waals surface area contributed by atoms with Crippen LogP contribution in [0, 0.1) is 5.92 Å². The van der Waals surface area contributed by atoms with Crippen molar-refractivity contribution in [3.8, 4) is 0 Å². The number of rotatable bonds is 8. The Balaban J connectivity index is 1.55. The van der Waals surface area contributed by atoms with E-state index in [1.54, 1.807) is 29.2 Å². The summed E-state index contributed by atoms with van der Waals surface area (Å²) in [5.41, 5.74) is 0.837. The number of hydrogen-bond donors (Lipinski definition) is 2. The lowest BCUT2D eigenvalue weighted by Crippen LogP contribution is -2.43. The largest absolute Gasteiger partial charge is 0.356 e. The topological polar surface area (TPSA) is 95.6 Å². The number of benzene rings is 2. The number of likely N-dealkylation sites (tertiary alicyclic amines) is 1. The summed E-state index contributed by atoms with van der Waals surface area (Å²) in [6.45, 7) is 3.82. The molecule has 9 heteroatoms. The molecule has 7 nitrogen and oxygen atoms in total. The van der Waals surface area contributed by atoms with Crippen molar-refractivity contribution < 1.29 is 18.0 Å². The molecule has 0 spiro atoms. The molecule has 1 aliphatic rings. The molecule has 3 rings (SSSR count). The zero-order valence-corrected chi connectivity index (χ0v) is 19.6. The van der Waals surface area contributed by atoms with Crippen molar-refractivity contribution in [2.24, 2.45) is 5.92 Å². The Morgan fingerprint density at radius 1 is 1.03 bits per heavy atom. The molecule has 2 N–H and O–H groups in total. The van der Waals surface area contributed by atoms with Crippen molar-refractivity contribution in [3.63, 3.8) is 0 Å². The second-order valence-electron chi connectivity index (χ2n) is 7.85. The van der Waals surface area contributed by atoms with Crippen LogP contribution < -0.4 is 10.0 Å². The smallest absolute Gasteiger partial charge is 0.261 e. The zero-order valence-electron chi connectivity index (χ0n) is 18.0. The van der Waals surface area contributed by atoms with Gasteiger partial charge in [-0.3, -0.25) is 14.3 Å². The quantitative estimate of drug-likeness (QED) is 0.563. The number of halogens is 1. The number of carbonyl (C=O) groups is 2. The van der Waals surface area contributed by atoms with Crippen molar-refractivity contribution in [1.29, 1.82) is 0 Å². The van der Waals surface area contributed by atoms with Gasteiger partial charge in [0.1, 0.15) is 0 Å². The molecule has 1 aliphatic heterocycles. The van der Waals surface area contributed by atoms with E-state index in [1.807, 2.05) is 0 Å². The van der Waals surface area contributed by atoms with Crippen molar-refractivity contribution >= 4 is 39.1 Å². The molecule has 0 aromatic heterocycles. The minimum Gasteiger partial charge on any atom is -0.356 e. The van der Waals surface area contributed by atoms with Crippen LogP contribution in [0.4, 0.5) is 5.69 Å². The molecule has 2 aromatic rings. The predicted octanol–water partition coefficient (Wildman–Crippen LogP) is 3.91. The number of nitrogens with one attached hydrogen (secondary N) is 2. The maximum absolute atomic E-state index is 12.8. The van der Waals surface area contributed by atoms with Crippen molar-refractivity contribution in [2.45, 2.75) is 37.5 Å². The van der Waals surface area contributed by atoms with E-state index in [-0.39, 0.29) is 22.6 Å². The number of unbranched alkanes of at least 4 members (excludes halogenated alkanes) is 1. The molecular weight excluding hydrogens is 450 g/mol. The van der Waals surface area contributed by atoms with E-state index in [0.717, 1.165) is 12.8 Å². The Morgan fingerprint density at radius 3 is 2.25 bits per heavy atom. The third kappa shape index (κ3) is 6.23. The Morgan fingerprint density at radius 2 is 1.66 bits per heavy atom. The SMILES string of the molecule is CCCCNC(=O)C1CCN(C(=O)c2ccc(NS(=O)(=O)c3ccc(Cl)cc3)cc2)CC1. The molecule has 0 radical (unpaired) electrons. The van der Waals surface area contributed by atoms with E-state index < -0.39 is 10.0 Å². The van der Waals surface area contributed by atoms with E-state index in [4.69, 9.17) is 11.6 Å². The summed E-state index contributed by atoms with van der Waals surface area (Å²) in [7, 11) is -3.75. The van der Waals surface area contributed by atoms with Crippen LogP contribution in [0.3, 0.4) is 0 Å². The van der Waals surface area contributed by atoms with Crippen LogP contribution in [-0.4, -0.2) is 44.8 Å². The second kappa shape index (κ2) is 10.8. The van der Waals surface area contributed by atoms with Gasteiger partial charge in [0.05, 0.1) is 4.90 Å². The van der Waals surface area contributed by atoms with Crippen molar-refractivity contribution in [2.75, 3.05) is 24.4 Å². The van der Waals surface area contributed by atoms with Gasteiger partial charge in [0.15, 0.2) is 0 Å². The first-order valence-corrected chi connectivity index (χ1v) is 12.6. The standard InChI is InChI=1S/C23H28ClN3O4S/c1-2-3-14-25-22(28)17-12-15-27(16-13-17)23(29)18-4-8-20(9-5-18)26-32(30,31)21-10-6-19(24)7-11-21/h4-11,17,26H,2-3,12-16H2,1H3,(H,25,28). The van der Waals surface area contributed by atoms with Gasteiger partial charge in [-0.1, -0.05) is 24.9 Å². The van der Waals surface area contributed by atoms with E-state index in [9.17, 15) is 18.0 Å². The van der Waals surface area contributed by atoms with E-state index in [2.05, 4.69) is 17.0 Å². The number of sulfonamides is 1. The molecule has 32 heavy (non-hydrogen) atoms. The fourth-order valence-electron chi connectivity index (χ4n) is 3.57. The first-order chi connectivity index (χ1) is 15.3. The number of hydrogen-bond acceptors (Lipinski definition) is 4. The van der Waals surface area contributed by atoms with Crippen LogP contribution in [0.2, 0.25) is 5.02 Å². The highest BCUT2D eigenvalue weighted by atomic mass is 35.5. The summed E-state index contributed by atoms with van der Waals surface area (Å²) >= 11 is 5.81. The summed E-state index contributed by atoms with van der Waals surface area (Å²) in [6.07, 6.45) is 3.29. The van der Waals surface area contributed by atoms with Crippen LogP contribution in [0.1, 0.15) is 43.0 Å². The first-order valence-electron chi connectivity index (χ1n) is 10.8. The van der Waals surface area contributed by atoms with Gasteiger partial charge in [0.2, 0.25) is 5.91 Å². The van der Waals surface area contributed by atoms with Crippen LogP contribution in [0.25, 0.3) is 0 Å². The Bertz CT molecular complexity index is 1030. The maximum Gasteiger partial charge on any atom is 0.261 e. The van der Waals surface area contributed by atoms with Crippen LogP contribution in [-0.2, 0) is 14.8 Å². The third-order valence-electron chi connectivity index (χ3n) is 5.49. The van der Waals surface area contributed by atoms with Gasteiger partial charge in [-0.15, -0.1) is 0 Å². The number of amides is 2. The minimum atomic E-state index is -3.75. The van der Waals surface area contributed by atoms with Crippen LogP contribution in [0.5, 0.6) is 0 Å². The molecule has 0 saturated carbocycles. The van der Waals surface area contributed by atoms with Gasteiger partial charge in [0, 0.05) is 41.8 Å². The molecule has 1 fully saturated rings. The summed E-state index contributed by atoms with van der Waals surface area (Å²) in [6, 6.07) is 12.2. The normalized spacial score (nSPS) is 14.8. The highest BCUT2D eigenvalue weighted by molar-refractivity contribution is 7.92. The van der Waals surface area contributed by atoms with Crippen molar-refractivity contribution in [3.05, 3.63) is 59.1 Å². The van der Waals surface area contributed by atoms with E-state index in [1.165, 1.54) is 24.3 Å². The summed E-state index contributed by atoms with van der Waals surface area (Å²) in [4.78, 5) is 26.9. The average Bonchev–Trinajstić information content (AvgIpc) is 2.79. The molecule has 0 aliphatic carbocycles. The van der Waals surface area contributed by atoms with Gasteiger partial charge in [-0.2, -0.15) is 0 Å². The molecule has 2 aromatic carbocycles. The van der Waals surface area contributed by atoms with Gasteiger partial charge in [-0.05, 0) is 67.8 Å². The monoisotopic (exact) mass is 477 g/mol. The van der Waals surface area contributed by atoms with E-state index >= 15 is 0 Å². The summed E-state index contributed by atoms with van der Waals surface area (Å²) in [5, 5.41) is 3.42. The second-order valence-corrected chi connectivity index (χ2v) is 9.97. The molecule has 1 heterocycles. The molecule has 1 saturated heterocycles. The Hall–Kier alpha value is -2.58. The van der Waals surface area contributed by atoms with Crippen LogP contribution in [0.15, 0.2) is 53.4 Å². The molecular formula is C23H28ClN3O4S. The number of carbonyl (C=O) groups excluding carboxylic acids is 2. The van der Waals surface area contributed by atoms with Gasteiger partial charge >= 0.3 is 0 Å². The molecule has 172 valence electrons. The summed E-state index contributed by atoms with van der Waals surface area (Å²) < 4.78 is 27.5. The lowest BCUT2D eigenvalue weighted by molar-refractivity contribution is -0.126. The Kier molecular flexibility index (Phi) is 8.15. The van der Waals surface area contributed by atoms with Gasteiger partial charge in [0.25, 0.3) is 15.9 Å². The lowest BCUT2D eigenvalue weighted by Gasteiger charge is -2.31. The molecule has 0 atom stereocenters. The number of nitrogens with zero attached hydrogens (tertiary/aromatic N) is 1. The fraction of sp³-hybridized carbons (Fsp3) is 0.391. The fourth-order valence-corrected chi connectivity index (χ4v) is 4.75. The molecule has 0 unspecified atom stereocenters. The average molecular weight is 478 g/mol. The number of piperidine rings is 1. The number of anilines is 1. The highest BCUT2D eigenvalue weighted by Gasteiger charge is 2.27. The van der Waals surface area contributed by atoms with Gasteiger partial charge < -0.3 is 10.2 Å². The van der Waals surface area contributed by atoms with E-state index in [0.29, 0.717) is 48.7 Å². The first kappa shape index (κ1) is 24.1. The predicted molar refractivity (Wildman–Crippen MR) is 125 cm³/mol. The maximum atomic E-state index is 12.8. The zero-order chi connectivity index (χ0) is 23.1. The molecule has 0 bridgehead atoms.